The van der Waals surface area contributed by atoms with Crippen LogP contribution in [0.4, 0.5) is 4.79 Å². The summed E-state index contributed by atoms with van der Waals surface area (Å²) in [6.45, 7) is 10.4. The number of nitrogens with one attached hydrogen (secondary N) is 2. The molecule has 38 heavy (non-hydrogen) atoms. The van der Waals surface area contributed by atoms with Crippen LogP contribution in [0.5, 0.6) is 0 Å². The number of aliphatic carboxylic acids is 1. The summed E-state index contributed by atoms with van der Waals surface area (Å²) in [4.78, 5) is 64.7. The molecule has 0 aliphatic carbocycles. The van der Waals surface area contributed by atoms with Crippen LogP contribution in [0, 0.1) is 5.41 Å². The van der Waals surface area contributed by atoms with Crippen molar-refractivity contribution in [2.75, 3.05) is 6.54 Å². The number of carbonyl (C=O) groups is 5. The first-order valence-electron chi connectivity index (χ1n) is 12.6. The van der Waals surface area contributed by atoms with Crippen LogP contribution in [0.3, 0.4) is 0 Å². The van der Waals surface area contributed by atoms with Gasteiger partial charge in [-0.2, -0.15) is 0 Å². The van der Waals surface area contributed by atoms with E-state index in [4.69, 9.17) is 9.47 Å². The van der Waals surface area contributed by atoms with Crippen LogP contribution in [0.1, 0.15) is 66.4 Å². The minimum atomic E-state index is -1.40. The van der Waals surface area contributed by atoms with Crippen LogP contribution in [-0.2, 0) is 35.3 Å². The molecule has 1 aromatic carbocycles. The summed E-state index contributed by atoms with van der Waals surface area (Å²) in [5, 5.41) is 14.6. The summed E-state index contributed by atoms with van der Waals surface area (Å²) in [5.74, 6) is -3.18. The van der Waals surface area contributed by atoms with Gasteiger partial charge >= 0.3 is 18.0 Å². The molecule has 1 aromatic rings. The van der Waals surface area contributed by atoms with Gasteiger partial charge in [0.15, 0.2) is 0 Å². The van der Waals surface area contributed by atoms with E-state index in [2.05, 4.69) is 10.6 Å². The number of ether oxygens (including phenoxy) is 2. The number of amides is 3. The molecule has 3 amide bonds. The fourth-order valence-electron chi connectivity index (χ4n) is 4.01. The van der Waals surface area contributed by atoms with Gasteiger partial charge in [0.2, 0.25) is 11.8 Å². The average Bonchev–Trinajstić information content (AvgIpc) is 3.29. The fourth-order valence-corrected chi connectivity index (χ4v) is 4.01. The second-order valence-corrected chi connectivity index (χ2v) is 11.4. The molecule has 11 heteroatoms. The number of esters is 1. The second-order valence-electron chi connectivity index (χ2n) is 11.4. The van der Waals surface area contributed by atoms with Gasteiger partial charge in [-0.25, -0.2) is 9.59 Å². The summed E-state index contributed by atoms with van der Waals surface area (Å²) >= 11 is 0. The molecule has 210 valence electrons. The van der Waals surface area contributed by atoms with Crippen LogP contribution in [0.15, 0.2) is 30.3 Å². The standard InChI is InChI=1S/C27H39N3O8/c1-26(2,3)21(23(33)30-14-10-13-19(30)24(34)35)29-22(32)18(15-20(31)38-27(4,5)6)28-25(36)37-16-17-11-8-7-9-12-17/h7-9,11-12,18-19,21H,10,13-16H2,1-6H3,(H,28,36)(H,29,32)(H,34,35)/t18-,19+,21-/m0/s1. The summed E-state index contributed by atoms with van der Waals surface area (Å²) in [7, 11) is 0. The first kappa shape index (κ1) is 30.6. The van der Waals surface area contributed by atoms with E-state index in [0.29, 0.717) is 12.8 Å². The first-order valence-corrected chi connectivity index (χ1v) is 12.6. The van der Waals surface area contributed by atoms with Gasteiger partial charge in [-0.1, -0.05) is 51.1 Å². The van der Waals surface area contributed by atoms with Crippen LogP contribution in [0.25, 0.3) is 0 Å². The van der Waals surface area contributed by atoms with Gasteiger partial charge in [0.1, 0.15) is 30.3 Å². The van der Waals surface area contributed by atoms with E-state index in [1.165, 1.54) is 4.90 Å². The Morgan fingerprint density at radius 2 is 1.66 bits per heavy atom. The molecular weight excluding hydrogens is 494 g/mol. The van der Waals surface area contributed by atoms with Crippen molar-refractivity contribution in [2.24, 2.45) is 5.41 Å². The Morgan fingerprint density at radius 1 is 1.03 bits per heavy atom. The lowest BCUT2D eigenvalue weighted by molar-refractivity contribution is -0.156. The topological polar surface area (TPSA) is 151 Å². The summed E-state index contributed by atoms with van der Waals surface area (Å²) in [5.41, 5.74) is -0.895. The van der Waals surface area contributed by atoms with Crippen molar-refractivity contribution in [1.29, 1.82) is 0 Å². The summed E-state index contributed by atoms with van der Waals surface area (Å²) in [6, 6.07) is 5.42. The monoisotopic (exact) mass is 533 g/mol. The third-order valence-corrected chi connectivity index (χ3v) is 5.83. The number of alkyl carbamates (subject to hydrolysis) is 1. The highest BCUT2D eigenvalue weighted by atomic mass is 16.6. The average molecular weight is 534 g/mol. The molecule has 0 spiro atoms. The molecule has 0 unspecified atom stereocenters. The van der Waals surface area contributed by atoms with Crippen molar-refractivity contribution >= 4 is 29.8 Å². The number of benzene rings is 1. The zero-order valence-corrected chi connectivity index (χ0v) is 22.9. The Balaban J connectivity index is 2.21. The fraction of sp³-hybridized carbons (Fsp3) is 0.593. The van der Waals surface area contributed by atoms with E-state index in [9.17, 15) is 29.1 Å². The summed E-state index contributed by atoms with van der Waals surface area (Å²) < 4.78 is 10.5. The van der Waals surface area contributed by atoms with E-state index in [1.54, 1.807) is 65.8 Å². The van der Waals surface area contributed by atoms with E-state index < -0.39 is 65.4 Å². The van der Waals surface area contributed by atoms with Gasteiger partial charge in [0, 0.05) is 6.54 Å². The summed E-state index contributed by atoms with van der Waals surface area (Å²) in [6.07, 6.45) is -0.580. The lowest BCUT2D eigenvalue weighted by Crippen LogP contribution is -2.60. The van der Waals surface area contributed by atoms with Gasteiger partial charge in [0.25, 0.3) is 0 Å². The minimum absolute atomic E-state index is 0.0535. The zero-order valence-electron chi connectivity index (χ0n) is 22.9. The molecule has 3 N–H and O–H groups in total. The number of rotatable bonds is 9. The van der Waals surface area contributed by atoms with Crippen LogP contribution >= 0.6 is 0 Å². The third-order valence-electron chi connectivity index (χ3n) is 5.83. The number of hydrogen-bond acceptors (Lipinski definition) is 7. The van der Waals surface area contributed by atoms with E-state index in [0.717, 1.165) is 5.56 Å². The number of carboxylic acid groups (broad SMARTS) is 1. The maximum atomic E-state index is 13.4. The Morgan fingerprint density at radius 3 is 2.21 bits per heavy atom. The Hall–Kier alpha value is -3.63. The Bertz CT molecular complexity index is 1010. The number of carboxylic acids is 1. The quantitative estimate of drug-likeness (QED) is 0.410. The number of nitrogens with zero attached hydrogens (tertiary/aromatic N) is 1. The van der Waals surface area contributed by atoms with Crippen LogP contribution < -0.4 is 10.6 Å². The number of carbonyl (C=O) groups excluding carboxylic acids is 4. The second kappa shape index (κ2) is 12.7. The van der Waals surface area contributed by atoms with Crippen molar-refractivity contribution in [1.82, 2.24) is 15.5 Å². The van der Waals surface area contributed by atoms with Gasteiger partial charge < -0.3 is 30.1 Å². The highest BCUT2D eigenvalue weighted by Gasteiger charge is 2.43. The van der Waals surface area contributed by atoms with Gasteiger partial charge in [0.05, 0.1) is 6.42 Å². The largest absolute Gasteiger partial charge is 0.480 e. The highest BCUT2D eigenvalue weighted by molar-refractivity contribution is 5.95. The molecule has 1 aliphatic rings. The number of hydrogen-bond donors (Lipinski definition) is 3. The zero-order chi connectivity index (χ0) is 28.7. The van der Waals surface area contributed by atoms with Crippen molar-refractivity contribution in [3.05, 3.63) is 35.9 Å². The van der Waals surface area contributed by atoms with E-state index in [1.807, 2.05) is 6.07 Å². The van der Waals surface area contributed by atoms with Gasteiger partial charge in [-0.05, 0) is 44.6 Å². The molecule has 0 bridgehead atoms. The maximum Gasteiger partial charge on any atom is 0.408 e. The van der Waals surface area contributed by atoms with Crippen molar-refractivity contribution in [2.45, 2.75) is 91.1 Å². The predicted octanol–water partition coefficient (Wildman–Crippen LogP) is 2.62. The molecule has 1 saturated heterocycles. The molecule has 11 nitrogen and oxygen atoms in total. The van der Waals surface area contributed by atoms with Crippen molar-refractivity contribution < 1.29 is 38.6 Å². The highest BCUT2D eigenvalue weighted by Crippen LogP contribution is 2.26. The van der Waals surface area contributed by atoms with Crippen LogP contribution in [0.2, 0.25) is 0 Å². The SMILES string of the molecule is CC(C)(C)OC(=O)C[C@H](NC(=O)OCc1ccccc1)C(=O)N[C@@H](C(=O)N1CCC[C@@H]1C(=O)O)C(C)(C)C. The molecule has 2 rings (SSSR count). The van der Waals surface area contributed by atoms with Crippen molar-refractivity contribution in [3.63, 3.8) is 0 Å². The van der Waals surface area contributed by atoms with Gasteiger partial charge in [-0.15, -0.1) is 0 Å². The molecule has 0 saturated carbocycles. The lowest BCUT2D eigenvalue weighted by Gasteiger charge is -2.35. The smallest absolute Gasteiger partial charge is 0.408 e. The first-order chi connectivity index (χ1) is 17.6. The van der Waals surface area contributed by atoms with Crippen LogP contribution in [-0.4, -0.2) is 70.1 Å². The predicted molar refractivity (Wildman–Crippen MR) is 138 cm³/mol. The van der Waals surface area contributed by atoms with Gasteiger partial charge in [-0.3, -0.25) is 14.4 Å². The van der Waals surface area contributed by atoms with E-state index in [-0.39, 0.29) is 13.2 Å². The van der Waals surface area contributed by atoms with Crippen molar-refractivity contribution in [3.8, 4) is 0 Å². The Labute approximate surface area is 223 Å². The molecular formula is C27H39N3O8. The normalized spacial score (nSPS) is 17.2. The number of likely N-dealkylation sites (tertiary alicyclic amines) is 1. The minimum Gasteiger partial charge on any atom is -0.480 e. The Kier molecular flexibility index (Phi) is 10.3. The third kappa shape index (κ3) is 9.35. The maximum absolute atomic E-state index is 13.4. The molecule has 1 heterocycles. The molecule has 1 aliphatic heterocycles. The lowest BCUT2D eigenvalue weighted by atomic mass is 9.85. The molecule has 1 fully saturated rings. The molecule has 0 aromatic heterocycles. The molecule has 0 radical (unpaired) electrons. The van der Waals surface area contributed by atoms with E-state index >= 15 is 0 Å². The molecule has 3 atom stereocenters.